The fraction of sp³-hybridized carbons (Fsp3) is 0.667. The third kappa shape index (κ3) is 6.19. The summed E-state index contributed by atoms with van der Waals surface area (Å²) in [5, 5.41) is -1.01. The number of carbonyl (C=O) groups excluding carboxylic acids is 1. The standard InChI is InChI=1S/C3H6ClO5P/c4-3(1-5)2-9-10(6,7)8/h1,3H,2H2,(H2,6,7,8). The molecule has 0 heterocycles. The smallest absolute Gasteiger partial charge is 0.303 e. The predicted molar refractivity (Wildman–Crippen MR) is 33.7 cm³/mol. The van der Waals surface area contributed by atoms with Crippen LogP contribution in [0.4, 0.5) is 0 Å². The van der Waals surface area contributed by atoms with E-state index in [0.717, 1.165) is 0 Å². The van der Waals surface area contributed by atoms with Gasteiger partial charge in [-0.15, -0.1) is 11.6 Å². The SMILES string of the molecule is O=CC(Cl)COP(=O)(O)O. The van der Waals surface area contributed by atoms with Crippen LogP contribution in [0.1, 0.15) is 0 Å². The van der Waals surface area contributed by atoms with Gasteiger partial charge in [-0.05, 0) is 0 Å². The summed E-state index contributed by atoms with van der Waals surface area (Å²) >= 11 is 5.13. The van der Waals surface area contributed by atoms with Crippen molar-refractivity contribution in [2.75, 3.05) is 6.61 Å². The van der Waals surface area contributed by atoms with Crippen LogP contribution in [0.15, 0.2) is 0 Å². The molecule has 0 aliphatic rings. The fourth-order valence-electron chi connectivity index (χ4n) is 0.208. The lowest BCUT2D eigenvalue weighted by atomic mass is 10.5. The van der Waals surface area contributed by atoms with Crippen LogP contribution in [0.3, 0.4) is 0 Å². The van der Waals surface area contributed by atoms with Gasteiger partial charge in [0.1, 0.15) is 11.7 Å². The Morgan fingerprint density at radius 3 is 2.50 bits per heavy atom. The van der Waals surface area contributed by atoms with Crippen molar-refractivity contribution in [3.05, 3.63) is 0 Å². The van der Waals surface area contributed by atoms with Crippen molar-refractivity contribution >= 4 is 25.7 Å². The number of carbonyl (C=O) groups is 1. The van der Waals surface area contributed by atoms with Crippen LogP contribution in [0.5, 0.6) is 0 Å². The lowest BCUT2D eigenvalue weighted by Gasteiger charge is -2.04. The summed E-state index contributed by atoms with van der Waals surface area (Å²) in [4.78, 5) is 25.9. The molecule has 0 aromatic carbocycles. The van der Waals surface area contributed by atoms with Crippen LogP contribution >= 0.6 is 19.4 Å². The second-order valence-corrected chi connectivity index (χ2v) is 3.24. The lowest BCUT2D eigenvalue weighted by Crippen LogP contribution is -2.08. The van der Waals surface area contributed by atoms with Gasteiger partial charge in [0.2, 0.25) is 0 Å². The molecule has 10 heavy (non-hydrogen) atoms. The van der Waals surface area contributed by atoms with Crippen molar-refractivity contribution in [2.45, 2.75) is 5.38 Å². The van der Waals surface area contributed by atoms with Gasteiger partial charge in [0.15, 0.2) is 0 Å². The van der Waals surface area contributed by atoms with Gasteiger partial charge in [-0.1, -0.05) is 0 Å². The minimum Gasteiger partial charge on any atom is -0.303 e. The lowest BCUT2D eigenvalue weighted by molar-refractivity contribution is -0.108. The monoisotopic (exact) mass is 188 g/mol. The average Bonchev–Trinajstić information content (AvgIpc) is 1.81. The molecule has 0 spiro atoms. The maximum Gasteiger partial charge on any atom is 0.469 e. The molecule has 0 aromatic heterocycles. The Hall–Kier alpha value is 0.0700. The second kappa shape index (κ2) is 4.05. The molecule has 5 nitrogen and oxygen atoms in total. The molecule has 0 saturated carbocycles. The third-order valence-electron chi connectivity index (χ3n) is 0.550. The number of aldehydes is 1. The van der Waals surface area contributed by atoms with Crippen molar-refractivity contribution < 1.29 is 23.7 Å². The minimum absolute atomic E-state index is 0.331. The van der Waals surface area contributed by atoms with E-state index in [2.05, 4.69) is 4.52 Å². The van der Waals surface area contributed by atoms with Gasteiger partial charge in [-0.25, -0.2) is 4.57 Å². The molecule has 0 fully saturated rings. The van der Waals surface area contributed by atoms with Crippen LogP contribution in [-0.4, -0.2) is 28.1 Å². The molecule has 1 atom stereocenters. The van der Waals surface area contributed by atoms with Crippen molar-refractivity contribution in [3.63, 3.8) is 0 Å². The Morgan fingerprint density at radius 1 is 1.70 bits per heavy atom. The van der Waals surface area contributed by atoms with Gasteiger partial charge in [-0.2, -0.15) is 0 Å². The molecule has 0 saturated heterocycles. The molecule has 7 heteroatoms. The quantitative estimate of drug-likeness (QED) is 0.366. The topological polar surface area (TPSA) is 83.8 Å². The zero-order chi connectivity index (χ0) is 8.20. The van der Waals surface area contributed by atoms with Crippen LogP contribution in [0.25, 0.3) is 0 Å². The van der Waals surface area contributed by atoms with Gasteiger partial charge in [-0.3, -0.25) is 4.52 Å². The van der Waals surface area contributed by atoms with Crippen LogP contribution < -0.4 is 0 Å². The normalized spacial score (nSPS) is 14.7. The zero-order valence-corrected chi connectivity index (χ0v) is 6.46. The highest BCUT2D eigenvalue weighted by molar-refractivity contribution is 7.46. The first-order valence-corrected chi connectivity index (χ1v) is 4.22. The molecule has 0 rings (SSSR count). The summed E-state index contributed by atoms with van der Waals surface area (Å²) in [7, 11) is -4.48. The van der Waals surface area contributed by atoms with E-state index < -0.39 is 19.8 Å². The number of rotatable bonds is 4. The highest BCUT2D eigenvalue weighted by Crippen LogP contribution is 2.35. The Labute approximate surface area is 62.2 Å². The number of halogens is 1. The highest BCUT2D eigenvalue weighted by Gasteiger charge is 2.15. The van der Waals surface area contributed by atoms with E-state index in [-0.39, 0.29) is 0 Å². The van der Waals surface area contributed by atoms with E-state index in [0.29, 0.717) is 6.29 Å². The molecule has 0 aromatic rings. The molecule has 60 valence electrons. The molecule has 0 amide bonds. The van der Waals surface area contributed by atoms with Crippen LogP contribution in [-0.2, 0) is 13.9 Å². The fourth-order valence-corrected chi connectivity index (χ4v) is 0.713. The van der Waals surface area contributed by atoms with Gasteiger partial charge in [0.25, 0.3) is 0 Å². The molecule has 0 aliphatic heterocycles. The summed E-state index contributed by atoms with van der Waals surface area (Å²) in [5.41, 5.74) is 0. The third-order valence-corrected chi connectivity index (χ3v) is 1.26. The summed E-state index contributed by atoms with van der Waals surface area (Å²) in [6.07, 6.45) is 0.331. The van der Waals surface area contributed by atoms with Gasteiger partial charge < -0.3 is 14.6 Å². The number of alkyl halides is 1. The average molecular weight is 189 g/mol. The number of hydrogen-bond acceptors (Lipinski definition) is 3. The van der Waals surface area contributed by atoms with E-state index >= 15 is 0 Å². The van der Waals surface area contributed by atoms with Gasteiger partial charge in [0.05, 0.1) is 6.61 Å². The van der Waals surface area contributed by atoms with Gasteiger partial charge in [0, 0.05) is 0 Å². The molecule has 1 unspecified atom stereocenters. The summed E-state index contributed by atoms with van der Waals surface area (Å²) in [6, 6.07) is 0. The summed E-state index contributed by atoms with van der Waals surface area (Å²) < 4.78 is 13.8. The molecular formula is C3H6ClO5P. The Balaban J connectivity index is 3.55. The second-order valence-electron chi connectivity index (χ2n) is 1.44. The first kappa shape index (κ1) is 10.1. The van der Waals surface area contributed by atoms with E-state index in [1.165, 1.54) is 0 Å². The Kier molecular flexibility index (Phi) is 4.08. The Bertz CT molecular complexity index is 153. The number of phosphoric ester groups is 1. The van der Waals surface area contributed by atoms with E-state index in [1.54, 1.807) is 0 Å². The first-order valence-electron chi connectivity index (χ1n) is 2.25. The minimum atomic E-state index is -4.48. The zero-order valence-electron chi connectivity index (χ0n) is 4.81. The molecular weight excluding hydrogens is 182 g/mol. The Morgan fingerprint density at radius 2 is 2.20 bits per heavy atom. The largest absolute Gasteiger partial charge is 0.469 e. The molecule has 2 N–H and O–H groups in total. The molecule has 0 aliphatic carbocycles. The predicted octanol–water partition coefficient (Wildman–Crippen LogP) is -0.0980. The van der Waals surface area contributed by atoms with Crippen molar-refractivity contribution in [3.8, 4) is 0 Å². The maximum atomic E-state index is 9.95. The van der Waals surface area contributed by atoms with Gasteiger partial charge >= 0.3 is 7.82 Å². The first-order chi connectivity index (χ1) is 4.45. The number of phosphoric acid groups is 1. The molecule has 0 radical (unpaired) electrons. The van der Waals surface area contributed by atoms with E-state index in [9.17, 15) is 9.36 Å². The maximum absolute atomic E-state index is 9.95. The van der Waals surface area contributed by atoms with E-state index in [4.69, 9.17) is 21.4 Å². The van der Waals surface area contributed by atoms with Crippen molar-refractivity contribution in [1.82, 2.24) is 0 Å². The number of hydrogen-bond donors (Lipinski definition) is 2. The van der Waals surface area contributed by atoms with Crippen LogP contribution in [0.2, 0.25) is 0 Å². The van der Waals surface area contributed by atoms with E-state index in [1.807, 2.05) is 0 Å². The van der Waals surface area contributed by atoms with Crippen molar-refractivity contribution in [1.29, 1.82) is 0 Å². The molecule has 0 bridgehead atoms. The summed E-state index contributed by atoms with van der Waals surface area (Å²) in [6.45, 7) is -0.477. The highest BCUT2D eigenvalue weighted by atomic mass is 35.5. The van der Waals surface area contributed by atoms with Crippen LogP contribution in [0, 0.1) is 0 Å². The van der Waals surface area contributed by atoms with Crippen molar-refractivity contribution in [2.24, 2.45) is 0 Å². The summed E-state index contributed by atoms with van der Waals surface area (Å²) in [5.74, 6) is 0.